The average molecular weight is 461 g/mol. The second-order valence-electron chi connectivity index (χ2n) is 6.62. The largest absolute Gasteiger partial charge is 0.495 e. The summed E-state index contributed by atoms with van der Waals surface area (Å²) in [5.74, 6) is 0.531. The molecule has 0 aliphatic carbocycles. The molecule has 0 fully saturated rings. The number of methoxy groups -OCH3 is 1. The lowest BCUT2D eigenvalue weighted by atomic mass is 10.2. The normalized spacial score (nSPS) is 10.9. The van der Waals surface area contributed by atoms with Crippen molar-refractivity contribution in [2.75, 3.05) is 23.8 Å². The van der Waals surface area contributed by atoms with E-state index in [1.54, 1.807) is 36.4 Å². The van der Waals surface area contributed by atoms with E-state index in [9.17, 15) is 13.2 Å². The number of carbonyl (C=O) groups excluding carboxylic acids is 1. The molecule has 0 saturated carbocycles. The highest BCUT2D eigenvalue weighted by atomic mass is 35.5. The lowest BCUT2D eigenvalue weighted by molar-refractivity contribution is -0.118. The van der Waals surface area contributed by atoms with Crippen molar-refractivity contribution in [2.45, 2.75) is 11.8 Å². The van der Waals surface area contributed by atoms with Gasteiger partial charge in [0.2, 0.25) is 0 Å². The monoisotopic (exact) mass is 460 g/mol. The molecule has 0 radical (unpaired) electrons. The van der Waals surface area contributed by atoms with Crippen LogP contribution in [0.4, 0.5) is 11.4 Å². The molecule has 0 atom stereocenters. The fourth-order valence-electron chi connectivity index (χ4n) is 2.70. The summed E-state index contributed by atoms with van der Waals surface area (Å²) in [6, 6.07) is 17.5. The SMILES string of the molecule is COc1ccc(C)cc1NC(=O)COc1ccc(S(=O)(=O)Nc2ccc(Cl)cc2)cc1. The van der Waals surface area contributed by atoms with Crippen LogP contribution in [0.15, 0.2) is 71.6 Å². The third kappa shape index (κ3) is 6.13. The van der Waals surface area contributed by atoms with Gasteiger partial charge in [0.1, 0.15) is 11.5 Å². The van der Waals surface area contributed by atoms with E-state index >= 15 is 0 Å². The maximum atomic E-state index is 12.5. The first-order valence-corrected chi connectivity index (χ1v) is 11.1. The minimum atomic E-state index is -3.77. The van der Waals surface area contributed by atoms with Crippen LogP contribution >= 0.6 is 11.6 Å². The van der Waals surface area contributed by atoms with Gasteiger partial charge in [-0.05, 0) is 73.2 Å². The van der Waals surface area contributed by atoms with Gasteiger partial charge in [0, 0.05) is 10.7 Å². The smallest absolute Gasteiger partial charge is 0.262 e. The zero-order valence-electron chi connectivity index (χ0n) is 16.9. The van der Waals surface area contributed by atoms with Crippen molar-refractivity contribution < 1.29 is 22.7 Å². The summed E-state index contributed by atoms with van der Waals surface area (Å²) in [6.45, 7) is 1.66. The van der Waals surface area contributed by atoms with Gasteiger partial charge >= 0.3 is 0 Å². The molecule has 0 heterocycles. The second kappa shape index (κ2) is 9.72. The van der Waals surface area contributed by atoms with Crippen LogP contribution in [0.1, 0.15) is 5.56 Å². The first-order valence-electron chi connectivity index (χ1n) is 9.22. The Labute approximate surface area is 186 Å². The molecule has 3 aromatic rings. The zero-order chi connectivity index (χ0) is 22.4. The quantitative estimate of drug-likeness (QED) is 0.517. The number of halogens is 1. The van der Waals surface area contributed by atoms with E-state index < -0.39 is 10.0 Å². The van der Waals surface area contributed by atoms with Crippen LogP contribution in [0.3, 0.4) is 0 Å². The molecule has 3 rings (SSSR count). The molecule has 0 saturated heterocycles. The Hall–Kier alpha value is -3.23. The summed E-state index contributed by atoms with van der Waals surface area (Å²) < 4.78 is 38.2. The molecule has 2 N–H and O–H groups in total. The molecular formula is C22H21ClN2O5S. The summed E-state index contributed by atoms with van der Waals surface area (Å²) in [6.07, 6.45) is 0. The Morgan fingerprint density at radius 1 is 1.00 bits per heavy atom. The number of sulfonamides is 1. The number of ether oxygens (including phenoxy) is 2. The molecule has 31 heavy (non-hydrogen) atoms. The predicted molar refractivity (Wildman–Crippen MR) is 121 cm³/mol. The number of benzene rings is 3. The highest BCUT2D eigenvalue weighted by Gasteiger charge is 2.15. The third-order valence-electron chi connectivity index (χ3n) is 4.23. The first-order chi connectivity index (χ1) is 14.8. The minimum absolute atomic E-state index is 0.0590. The Morgan fingerprint density at radius 3 is 2.32 bits per heavy atom. The fourth-order valence-corrected chi connectivity index (χ4v) is 3.89. The van der Waals surface area contributed by atoms with Crippen molar-refractivity contribution in [3.63, 3.8) is 0 Å². The molecule has 0 aliphatic heterocycles. The van der Waals surface area contributed by atoms with E-state index in [1.807, 2.05) is 13.0 Å². The number of rotatable bonds is 8. The Balaban J connectivity index is 1.59. The van der Waals surface area contributed by atoms with Gasteiger partial charge in [-0.2, -0.15) is 0 Å². The number of nitrogens with one attached hydrogen (secondary N) is 2. The van der Waals surface area contributed by atoms with Gasteiger partial charge in [0.05, 0.1) is 17.7 Å². The lowest BCUT2D eigenvalue weighted by Crippen LogP contribution is -2.20. The van der Waals surface area contributed by atoms with Gasteiger partial charge in [0.15, 0.2) is 6.61 Å². The lowest BCUT2D eigenvalue weighted by Gasteiger charge is -2.12. The van der Waals surface area contributed by atoms with Crippen LogP contribution in [-0.4, -0.2) is 28.0 Å². The maximum absolute atomic E-state index is 12.5. The fraction of sp³-hybridized carbons (Fsp3) is 0.136. The molecule has 0 aliphatic rings. The topological polar surface area (TPSA) is 93.7 Å². The van der Waals surface area contributed by atoms with E-state index in [2.05, 4.69) is 10.0 Å². The molecule has 9 heteroatoms. The van der Waals surface area contributed by atoms with Gasteiger partial charge < -0.3 is 14.8 Å². The molecular weight excluding hydrogens is 440 g/mol. The van der Waals surface area contributed by atoms with E-state index in [0.717, 1.165) is 5.56 Å². The van der Waals surface area contributed by atoms with Crippen molar-refractivity contribution >= 4 is 38.9 Å². The van der Waals surface area contributed by atoms with E-state index in [-0.39, 0.29) is 17.4 Å². The van der Waals surface area contributed by atoms with Crippen LogP contribution in [-0.2, 0) is 14.8 Å². The van der Waals surface area contributed by atoms with Gasteiger partial charge in [-0.3, -0.25) is 9.52 Å². The van der Waals surface area contributed by atoms with Crippen LogP contribution in [0, 0.1) is 6.92 Å². The highest BCUT2D eigenvalue weighted by molar-refractivity contribution is 7.92. The zero-order valence-corrected chi connectivity index (χ0v) is 18.5. The molecule has 0 unspecified atom stereocenters. The Morgan fingerprint density at radius 2 is 1.68 bits per heavy atom. The standard InChI is InChI=1S/C22H21ClN2O5S/c1-15-3-12-21(29-2)20(13-15)24-22(26)14-30-18-8-10-19(11-9-18)31(27,28)25-17-6-4-16(23)5-7-17/h3-13,25H,14H2,1-2H3,(H,24,26). The van der Waals surface area contributed by atoms with Crippen molar-refractivity contribution in [1.29, 1.82) is 0 Å². The summed E-state index contributed by atoms with van der Waals surface area (Å²) in [4.78, 5) is 12.3. The molecule has 7 nitrogen and oxygen atoms in total. The Bertz CT molecular complexity index is 1160. The second-order valence-corrected chi connectivity index (χ2v) is 8.74. The number of carbonyl (C=O) groups is 1. The van der Waals surface area contributed by atoms with Crippen molar-refractivity contribution in [3.8, 4) is 11.5 Å². The first kappa shape index (κ1) is 22.5. The van der Waals surface area contributed by atoms with Gasteiger partial charge in [0.25, 0.3) is 15.9 Å². The van der Waals surface area contributed by atoms with E-state index in [4.69, 9.17) is 21.1 Å². The molecule has 162 valence electrons. The molecule has 0 aromatic heterocycles. The van der Waals surface area contributed by atoms with Crippen molar-refractivity contribution in [2.24, 2.45) is 0 Å². The van der Waals surface area contributed by atoms with Crippen LogP contribution < -0.4 is 19.5 Å². The summed E-state index contributed by atoms with van der Waals surface area (Å²) in [5, 5.41) is 3.24. The Kier molecular flexibility index (Phi) is 7.04. The maximum Gasteiger partial charge on any atom is 0.262 e. The van der Waals surface area contributed by atoms with Crippen LogP contribution in [0.25, 0.3) is 0 Å². The van der Waals surface area contributed by atoms with Crippen molar-refractivity contribution in [3.05, 3.63) is 77.3 Å². The number of anilines is 2. The minimum Gasteiger partial charge on any atom is -0.495 e. The number of amides is 1. The van der Waals surface area contributed by atoms with Crippen molar-refractivity contribution in [1.82, 2.24) is 0 Å². The van der Waals surface area contributed by atoms with E-state index in [1.165, 1.54) is 31.4 Å². The summed E-state index contributed by atoms with van der Waals surface area (Å²) in [7, 11) is -2.25. The van der Waals surface area contributed by atoms with E-state index in [0.29, 0.717) is 27.9 Å². The van der Waals surface area contributed by atoms with Gasteiger partial charge in [-0.25, -0.2) is 8.42 Å². The van der Waals surface area contributed by atoms with Crippen LogP contribution in [0.5, 0.6) is 11.5 Å². The average Bonchev–Trinajstić information content (AvgIpc) is 2.74. The molecule has 1 amide bonds. The number of aryl methyl sites for hydroxylation is 1. The van der Waals surface area contributed by atoms with Gasteiger partial charge in [-0.1, -0.05) is 17.7 Å². The number of hydrogen-bond acceptors (Lipinski definition) is 5. The molecule has 0 bridgehead atoms. The third-order valence-corrected chi connectivity index (χ3v) is 5.88. The summed E-state index contributed by atoms with van der Waals surface area (Å²) in [5.41, 5.74) is 1.92. The molecule has 0 spiro atoms. The summed E-state index contributed by atoms with van der Waals surface area (Å²) >= 11 is 5.81. The predicted octanol–water partition coefficient (Wildman–Crippen LogP) is 4.48. The molecule has 3 aromatic carbocycles. The van der Waals surface area contributed by atoms with Crippen LogP contribution in [0.2, 0.25) is 5.02 Å². The van der Waals surface area contributed by atoms with Gasteiger partial charge in [-0.15, -0.1) is 0 Å². The highest BCUT2D eigenvalue weighted by Crippen LogP contribution is 2.25. The number of hydrogen-bond donors (Lipinski definition) is 2.